The van der Waals surface area contributed by atoms with Crippen molar-refractivity contribution in [1.82, 2.24) is 29.5 Å². The maximum Gasteiger partial charge on any atom is 0.192 e. The summed E-state index contributed by atoms with van der Waals surface area (Å²) >= 11 is 0. The first kappa shape index (κ1) is 27.7. The highest BCUT2D eigenvalue weighted by Gasteiger charge is 2.37. The molecule has 0 aliphatic rings. The van der Waals surface area contributed by atoms with Crippen molar-refractivity contribution in [3.8, 4) is 17.1 Å². The second kappa shape index (κ2) is 10.8. The van der Waals surface area contributed by atoms with E-state index in [1.54, 1.807) is 16.8 Å². The molecule has 4 aromatic rings. The molecule has 0 amide bonds. The number of nitrogens with zero attached hydrogens (tertiary/aromatic N) is 6. The summed E-state index contributed by atoms with van der Waals surface area (Å²) in [6.07, 6.45) is 2.25. The van der Waals surface area contributed by atoms with Crippen molar-refractivity contribution in [3.63, 3.8) is 0 Å². The minimum atomic E-state index is -1.91. The lowest BCUT2D eigenvalue weighted by Gasteiger charge is -2.36. The number of halogens is 1. The van der Waals surface area contributed by atoms with Gasteiger partial charge in [-0.1, -0.05) is 27.7 Å². The standard InChI is InChI=1S/C28H38FN7OSi/c1-9-23-26(21-10-12-22(29)13-11-21)35(14-15-37-38(7,8)28(4,5)6)34-27(23)32-24-17-25(31-18-30-24)36-20(3)16-19(2)33-36/h10-13,16-18H,9,14-15H2,1-8H3,(H,30,31,32,34). The molecule has 0 aliphatic heterocycles. The van der Waals surface area contributed by atoms with Gasteiger partial charge in [0.25, 0.3) is 0 Å². The van der Waals surface area contributed by atoms with Crippen LogP contribution in [0, 0.1) is 19.7 Å². The Morgan fingerprint density at radius 2 is 1.74 bits per heavy atom. The minimum Gasteiger partial charge on any atom is -0.415 e. The lowest BCUT2D eigenvalue weighted by molar-refractivity contribution is 0.267. The van der Waals surface area contributed by atoms with Crippen LogP contribution in [0.3, 0.4) is 0 Å². The SMILES string of the molecule is CCc1c(Nc2cc(-n3nc(C)cc3C)ncn2)nn(CCO[Si](C)(C)C(C)(C)C)c1-c1ccc(F)cc1. The second-order valence-electron chi connectivity index (χ2n) is 11.1. The van der Waals surface area contributed by atoms with Crippen LogP contribution in [0.4, 0.5) is 16.0 Å². The molecule has 38 heavy (non-hydrogen) atoms. The van der Waals surface area contributed by atoms with Gasteiger partial charge in [0.05, 0.1) is 24.5 Å². The van der Waals surface area contributed by atoms with Gasteiger partial charge in [0.2, 0.25) is 0 Å². The highest BCUT2D eigenvalue weighted by atomic mass is 28.4. The molecule has 0 bridgehead atoms. The van der Waals surface area contributed by atoms with E-state index in [0.29, 0.717) is 30.6 Å². The Morgan fingerprint density at radius 1 is 1.03 bits per heavy atom. The van der Waals surface area contributed by atoms with E-state index in [-0.39, 0.29) is 10.9 Å². The van der Waals surface area contributed by atoms with Crippen molar-refractivity contribution in [3.05, 3.63) is 65.5 Å². The fraction of sp³-hybridized carbons (Fsp3) is 0.429. The van der Waals surface area contributed by atoms with Crippen molar-refractivity contribution in [2.24, 2.45) is 0 Å². The summed E-state index contributed by atoms with van der Waals surface area (Å²) in [5, 5.41) is 13.0. The lowest BCUT2D eigenvalue weighted by Crippen LogP contribution is -2.41. The molecule has 3 heterocycles. The first-order valence-corrected chi connectivity index (χ1v) is 15.9. The van der Waals surface area contributed by atoms with Crippen LogP contribution in [0.5, 0.6) is 0 Å². The highest BCUT2D eigenvalue weighted by Crippen LogP contribution is 2.37. The van der Waals surface area contributed by atoms with Crippen molar-refractivity contribution < 1.29 is 8.82 Å². The van der Waals surface area contributed by atoms with Crippen LogP contribution in [0.15, 0.2) is 42.7 Å². The van der Waals surface area contributed by atoms with Crippen LogP contribution in [0.2, 0.25) is 18.1 Å². The van der Waals surface area contributed by atoms with Crippen LogP contribution in [-0.4, -0.2) is 44.5 Å². The van der Waals surface area contributed by atoms with E-state index >= 15 is 0 Å². The van der Waals surface area contributed by atoms with E-state index in [4.69, 9.17) is 9.52 Å². The van der Waals surface area contributed by atoms with E-state index in [1.807, 2.05) is 30.7 Å². The number of hydrogen-bond acceptors (Lipinski definition) is 6. The number of benzene rings is 1. The average Bonchev–Trinajstić information content (AvgIpc) is 3.37. The molecule has 0 atom stereocenters. The largest absolute Gasteiger partial charge is 0.415 e. The number of aryl methyl sites for hydroxylation is 2. The fourth-order valence-corrected chi connectivity index (χ4v) is 5.18. The van der Waals surface area contributed by atoms with Crippen LogP contribution < -0.4 is 5.32 Å². The smallest absolute Gasteiger partial charge is 0.192 e. The Bertz CT molecular complexity index is 1400. The Morgan fingerprint density at radius 3 is 2.34 bits per heavy atom. The molecule has 0 fully saturated rings. The highest BCUT2D eigenvalue weighted by molar-refractivity contribution is 6.74. The van der Waals surface area contributed by atoms with Crippen molar-refractivity contribution >= 4 is 20.0 Å². The summed E-state index contributed by atoms with van der Waals surface area (Å²) in [7, 11) is -1.91. The zero-order valence-corrected chi connectivity index (χ0v) is 24.6. The Kier molecular flexibility index (Phi) is 7.85. The molecule has 3 aromatic heterocycles. The number of anilines is 2. The number of nitrogens with one attached hydrogen (secondary N) is 1. The fourth-order valence-electron chi connectivity index (χ4n) is 4.14. The normalized spacial score (nSPS) is 12.2. The monoisotopic (exact) mass is 535 g/mol. The zero-order chi connectivity index (χ0) is 27.7. The number of aromatic nitrogens is 6. The maximum absolute atomic E-state index is 13.8. The van der Waals surface area contributed by atoms with Gasteiger partial charge in [0.15, 0.2) is 20.0 Å². The van der Waals surface area contributed by atoms with Crippen LogP contribution in [0.1, 0.15) is 44.6 Å². The molecule has 8 nitrogen and oxygen atoms in total. The molecule has 1 aromatic carbocycles. The number of hydrogen-bond donors (Lipinski definition) is 1. The average molecular weight is 536 g/mol. The molecular weight excluding hydrogens is 497 g/mol. The molecule has 10 heteroatoms. The third-order valence-corrected chi connectivity index (χ3v) is 11.8. The van der Waals surface area contributed by atoms with Gasteiger partial charge < -0.3 is 9.74 Å². The van der Waals surface area contributed by atoms with E-state index in [2.05, 4.69) is 61.2 Å². The second-order valence-corrected chi connectivity index (χ2v) is 15.9. The Hall–Kier alpha value is -3.37. The quantitative estimate of drug-likeness (QED) is 0.243. The molecule has 202 valence electrons. The predicted molar refractivity (Wildman–Crippen MR) is 152 cm³/mol. The summed E-state index contributed by atoms with van der Waals surface area (Å²) in [6, 6.07) is 10.4. The van der Waals surface area contributed by atoms with E-state index in [1.165, 1.54) is 18.5 Å². The third kappa shape index (κ3) is 5.86. The lowest BCUT2D eigenvalue weighted by atomic mass is 10.1. The predicted octanol–water partition coefficient (Wildman–Crippen LogP) is 6.61. The molecule has 4 rings (SSSR count). The molecule has 0 saturated heterocycles. The van der Waals surface area contributed by atoms with Crippen LogP contribution in [-0.2, 0) is 17.4 Å². The maximum atomic E-state index is 13.8. The molecular formula is C28H38FN7OSi. The number of rotatable bonds is 9. The van der Waals surface area contributed by atoms with Gasteiger partial charge in [-0.25, -0.2) is 19.0 Å². The van der Waals surface area contributed by atoms with E-state index < -0.39 is 8.32 Å². The summed E-state index contributed by atoms with van der Waals surface area (Å²) < 4.78 is 24.0. The van der Waals surface area contributed by atoms with E-state index in [0.717, 1.165) is 34.6 Å². The van der Waals surface area contributed by atoms with Gasteiger partial charge in [-0.05, 0) is 68.7 Å². The molecule has 0 saturated carbocycles. The van der Waals surface area contributed by atoms with Crippen molar-refractivity contribution in [2.45, 2.75) is 72.6 Å². The van der Waals surface area contributed by atoms with Crippen LogP contribution >= 0.6 is 0 Å². The summed E-state index contributed by atoms with van der Waals surface area (Å²) in [6.45, 7) is 18.4. The van der Waals surface area contributed by atoms with Gasteiger partial charge in [-0.3, -0.25) is 4.68 Å². The minimum absolute atomic E-state index is 0.119. The topological polar surface area (TPSA) is 82.7 Å². The van der Waals surface area contributed by atoms with Crippen molar-refractivity contribution in [1.29, 1.82) is 0 Å². The first-order chi connectivity index (χ1) is 17.9. The Labute approximate surface area is 225 Å². The summed E-state index contributed by atoms with van der Waals surface area (Å²) in [4.78, 5) is 8.84. The van der Waals surface area contributed by atoms with Gasteiger partial charge in [-0.15, -0.1) is 0 Å². The molecule has 1 N–H and O–H groups in total. The van der Waals surface area contributed by atoms with Crippen molar-refractivity contribution in [2.75, 3.05) is 11.9 Å². The molecule has 0 unspecified atom stereocenters. The van der Waals surface area contributed by atoms with Gasteiger partial charge >= 0.3 is 0 Å². The summed E-state index contributed by atoms with van der Waals surface area (Å²) in [5.41, 5.74) is 4.79. The zero-order valence-electron chi connectivity index (χ0n) is 23.6. The first-order valence-electron chi connectivity index (χ1n) is 13.0. The van der Waals surface area contributed by atoms with E-state index in [9.17, 15) is 4.39 Å². The van der Waals surface area contributed by atoms with Gasteiger partial charge in [0, 0.05) is 22.9 Å². The molecule has 0 aliphatic carbocycles. The Balaban J connectivity index is 1.69. The molecule has 0 radical (unpaired) electrons. The molecule has 0 spiro atoms. The van der Waals surface area contributed by atoms with Gasteiger partial charge in [0.1, 0.15) is 18.0 Å². The van der Waals surface area contributed by atoms with Crippen LogP contribution in [0.25, 0.3) is 17.1 Å². The van der Waals surface area contributed by atoms with Gasteiger partial charge in [-0.2, -0.15) is 10.2 Å². The summed E-state index contributed by atoms with van der Waals surface area (Å²) in [5.74, 6) is 1.73. The third-order valence-electron chi connectivity index (χ3n) is 7.22.